The van der Waals surface area contributed by atoms with Gasteiger partial charge >= 0.3 is 0 Å². The van der Waals surface area contributed by atoms with E-state index in [1.165, 1.54) is 6.26 Å². The van der Waals surface area contributed by atoms with Crippen molar-refractivity contribution in [2.75, 3.05) is 25.0 Å². The lowest BCUT2D eigenvalue weighted by atomic mass is 10.2. The van der Waals surface area contributed by atoms with Crippen molar-refractivity contribution in [3.05, 3.63) is 54.0 Å². The van der Waals surface area contributed by atoms with Crippen LogP contribution in [0.15, 0.2) is 52.1 Å². The number of benzene rings is 1. The molecule has 1 amide bonds. The number of hydrogen-bond donors (Lipinski definition) is 3. The van der Waals surface area contributed by atoms with Crippen molar-refractivity contribution >= 4 is 17.6 Å². The standard InChI is InChI=1S/C23H35N5O2/c1-6-24-23(25-12-13-28(17(2)3)18(4)5)26-16-19-9-7-10-20(15-19)27-22(29)21-11-8-14-30-21/h7-11,14-15,17-18H,6,12-13,16H2,1-5H3,(H,27,29)(H2,24,25,26). The van der Waals surface area contributed by atoms with E-state index in [9.17, 15) is 4.79 Å². The largest absolute Gasteiger partial charge is 0.459 e. The minimum absolute atomic E-state index is 0.268. The molecular weight excluding hydrogens is 378 g/mol. The Balaban J connectivity index is 1.94. The number of nitrogens with zero attached hydrogens (tertiary/aromatic N) is 2. The van der Waals surface area contributed by atoms with Crippen molar-refractivity contribution in [3.63, 3.8) is 0 Å². The van der Waals surface area contributed by atoms with Gasteiger partial charge in [-0.2, -0.15) is 0 Å². The molecule has 1 aromatic heterocycles. The summed E-state index contributed by atoms with van der Waals surface area (Å²) >= 11 is 0. The van der Waals surface area contributed by atoms with Crippen molar-refractivity contribution in [1.82, 2.24) is 15.5 Å². The maximum atomic E-state index is 12.2. The van der Waals surface area contributed by atoms with Gasteiger partial charge in [0.15, 0.2) is 11.7 Å². The monoisotopic (exact) mass is 413 g/mol. The molecule has 0 bridgehead atoms. The summed E-state index contributed by atoms with van der Waals surface area (Å²) in [5.74, 6) is 0.805. The Morgan fingerprint density at radius 1 is 1.10 bits per heavy atom. The van der Waals surface area contributed by atoms with E-state index in [-0.39, 0.29) is 11.7 Å². The number of aliphatic imine (C=N–C) groups is 1. The van der Waals surface area contributed by atoms with Crippen LogP contribution in [0, 0.1) is 0 Å². The molecule has 0 saturated heterocycles. The molecule has 0 fully saturated rings. The fourth-order valence-corrected chi connectivity index (χ4v) is 3.28. The molecular formula is C23H35N5O2. The number of rotatable bonds is 10. The number of furan rings is 1. The molecule has 0 unspecified atom stereocenters. The average molecular weight is 414 g/mol. The summed E-state index contributed by atoms with van der Waals surface area (Å²) < 4.78 is 5.13. The van der Waals surface area contributed by atoms with Gasteiger partial charge in [-0.25, -0.2) is 4.99 Å². The first-order valence-electron chi connectivity index (χ1n) is 10.6. The topological polar surface area (TPSA) is 81.9 Å². The van der Waals surface area contributed by atoms with Crippen molar-refractivity contribution in [2.45, 2.75) is 53.2 Å². The maximum absolute atomic E-state index is 12.2. The first-order chi connectivity index (χ1) is 14.4. The molecule has 0 radical (unpaired) electrons. The molecule has 30 heavy (non-hydrogen) atoms. The number of carbonyl (C=O) groups is 1. The zero-order valence-electron chi connectivity index (χ0n) is 18.7. The number of guanidine groups is 1. The smallest absolute Gasteiger partial charge is 0.291 e. The molecule has 0 aliphatic rings. The van der Waals surface area contributed by atoms with E-state index in [0.717, 1.165) is 31.2 Å². The Morgan fingerprint density at radius 3 is 2.50 bits per heavy atom. The molecule has 7 nitrogen and oxygen atoms in total. The Morgan fingerprint density at radius 2 is 1.87 bits per heavy atom. The van der Waals surface area contributed by atoms with Gasteiger partial charge in [0.25, 0.3) is 5.91 Å². The van der Waals surface area contributed by atoms with Gasteiger partial charge in [0, 0.05) is 37.4 Å². The van der Waals surface area contributed by atoms with Gasteiger partial charge in [0.1, 0.15) is 0 Å². The second-order valence-corrected chi connectivity index (χ2v) is 7.68. The predicted molar refractivity (Wildman–Crippen MR) is 123 cm³/mol. The van der Waals surface area contributed by atoms with Gasteiger partial charge in [-0.1, -0.05) is 12.1 Å². The molecule has 0 saturated carbocycles. The fourth-order valence-electron chi connectivity index (χ4n) is 3.28. The Hall–Kier alpha value is -2.80. The van der Waals surface area contributed by atoms with Gasteiger partial charge < -0.3 is 20.4 Å². The fraction of sp³-hybridized carbons (Fsp3) is 0.478. The van der Waals surface area contributed by atoms with Crippen LogP contribution in [-0.2, 0) is 6.54 Å². The average Bonchev–Trinajstić information content (AvgIpc) is 3.24. The second-order valence-electron chi connectivity index (χ2n) is 7.68. The number of hydrogen-bond acceptors (Lipinski definition) is 4. The van der Waals surface area contributed by atoms with Crippen molar-refractivity contribution in [3.8, 4) is 0 Å². The highest BCUT2D eigenvalue weighted by molar-refractivity contribution is 6.02. The zero-order valence-corrected chi connectivity index (χ0v) is 18.7. The molecule has 0 aliphatic heterocycles. The summed E-state index contributed by atoms with van der Waals surface area (Å²) in [4.78, 5) is 19.3. The molecule has 1 heterocycles. The van der Waals surface area contributed by atoms with E-state index in [1.807, 2.05) is 24.3 Å². The van der Waals surface area contributed by atoms with E-state index in [1.54, 1.807) is 12.1 Å². The third kappa shape index (κ3) is 7.55. The highest BCUT2D eigenvalue weighted by Gasteiger charge is 2.13. The van der Waals surface area contributed by atoms with Crippen LogP contribution in [0.1, 0.15) is 50.7 Å². The highest BCUT2D eigenvalue weighted by atomic mass is 16.3. The highest BCUT2D eigenvalue weighted by Crippen LogP contribution is 2.13. The molecule has 7 heteroatoms. The van der Waals surface area contributed by atoms with Crippen LogP contribution in [0.4, 0.5) is 5.69 Å². The van der Waals surface area contributed by atoms with Crippen LogP contribution in [0.5, 0.6) is 0 Å². The van der Waals surface area contributed by atoms with E-state index >= 15 is 0 Å². The van der Waals surface area contributed by atoms with Crippen LogP contribution in [-0.4, -0.2) is 48.5 Å². The lowest BCUT2D eigenvalue weighted by Crippen LogP contribution is -2.45. The van der Waals surface area contributed by atoms with Gasteiger partial charge in [0.2, 0.25) is 0 Å². The van der Waals surface area contributed by atoms with Gasteiger partial charge in [0.05, 0.1) is 12.8 Å². The molecule has 3 N–H and O–H groups in total. The predicted octanol–water partition coefficient (Wildman–Crippen LogP) is 3.71. The summed E-state index contributed by atoms with van der Waals surface area (Å²) in [6.45, 7) is 14.0. The van der Waals surface area contributed by atoms with E-state index in [4.69, 9.17) is 4.42 Å². The third-order valence-electron chi connectivity index (χ3n) is 4.68. The Labute approximate surface area is 179 Å². The summed E-state index contributed by atoms with van der Waals surface area (Å²) in [5.41, 5.74) is 1.72. The van der Waals surface area contributed by atoms with Gasteiger partial charge in [-0.3, -0.25) is 9.69 Å². The van der Waals surface area contributed by atoms with E-state index in [0.29, 0.717) is 24.3 Å². The molecule has 0 spiro atoms. The SMILES string of the molecule is CCNC(=NCc1cccc(NC(=O)c2ccco2)c1)NCCN(C(C)C)C(C)C. The molecule has 0 aliphatic carbocycles. The number of anilines is 1. The summed E-state index contributed by atoms with van der Waals surface area (Å²) in [5, 5.41) is 9.55. The summed E-state index contributed by atoms with van der Waals surface area (Å²) in [7, 11) is 0. The first-order valence-corrected chi connectivity index (χ1v) is 10.6. The molecule has 0 atom stereocenters. The second kappa shape index (κ2) is 12.0. The number of amides is 1. The zero-order chi connectivity index (χ0) is 21.9. The summed E-state index contributed by atoms with van der Waals surface area (Å²) in [6, 6.07) is 12.0. The van der Waals surface area contributed by atoms with Crippen LogP contribution in [0.3, 0.4) is 0 Å². The lowest BCUT2D eigenvalue weighted by Gasteiger charge is -2.30. The van der Waals surface area contributed by atoms with E-state index in [2.05, 4.69) is 60.5 Å². The lowest BCUT2D eigenvalue weighted by molar-refractivity contribution is 0.0996. The van der Waals surface area contributed by atoms with Crippen LogP contribution in [0.2, 0.25) is 0 Å². The van der Waals surface area contributed by atoms with Crippen LogP contribution >= 0.6 is 0 Å². The quantitative estimate of drug-likeness (QED) is 0.409. The minimum Gasteiger partial charge on any atom is -0.459 e. The third-order valence-corrected chi connectivity index (χ3v) is 4.68. The first kappa shape index (κ1) is 23.5. The van der Waals surface area contributed by atoms with Crippen LogP contribution < -0.4 is 16.0 Å². The number of carbonyl (C=O) groups excluding carboxylic acids is 1. The Kier molecular flexibility index (Phi) is 9.41. The van der Waals surface area contributed by atoms with Crippen molar-refractivity contribution in [2.24, 2.45) is 4.99 Å². The van der Waals surface area contributed by atoms with Gasteiger partial charge in [-0.05, 0) is 64.4 Å². The van der Waals surface area contributed by atoms with Crippen LogP contribution in [0.25, 0.3) is 0 Å². The molecule has 1 aromatic carbocycles. The normalized spacial score (nSPS) is 11.9. The maximum Gasteiger partial charge on any atom is 0.291 e. The van der Waals surface area contributed by atoms with Crippen molar-refractivity contribution in [1.29, 1.82) is 0 Å². The number of nitrogens with one attached hydrogen (secondary N) is 3. The summed E-state index contributed by atoms with van der Waals surface area (Å²) in [6.07, 6.45) is 1.48. The minimum atomic E-state index is -0.268. The van der Waals surface area contributed by atoms with Gasteiger partial charge in [-0.15, -0.1) is 0 Å². The van der Waals surface area contributed by atoms with Crippen molar-refractivity contribution < 1.29 is 9.21 Å². The molecule has 2 rings (SSSR count). The molecule has 2 aromatic rings. The van der Waals surface area contributed by atoms with E-state index < -0.39 is 0 Å². The molecule has 164 valence electrons. The Bertz CT molecular complexity index is 792.